The van der Waals surface area contributed by atoms with Gasteiger partial charge >= 0.3 is 0 Å². The second-order valence-electron chi connectivity index (χ2n) is 9.60. The topological polar surface area (TPSA) is 86.8 Å². The maximum absolute atomic E-state index is 13.5. The molecule has 0 aliphatic rings. The van der Waals surface area contributed by atoms with E-state index in [2.05, 4.69) is 21.2 Å². The highest BCUT2D eigenvalue weighted by molar-refractivity contribution is 9.10. The number of carbonyl (C=O) groups is 2. The summed E-state index contributed by atoms with van der Waals surface area (Å²) in [4.78, 5) is 27.9. The van der Waals surface area contributed by atoms with Crippen molar-refractivity contribution in [2.75, 3.05) is 17.1 Å². The summed E-state index contributed by atoms with van der Waals surface area (Å²) in [6, 6.07) is 11.9. The van der Waals surface area contributed by atoms with Gasteiger partial charge in [-0.1, -0.05) is 34.1 Å². The zero-order valence-electron chi connectivity index (χ0n) is 20.8. The zero-order chi connectivity index (χ0) is 25.8. The molecule has 7 nitrogen and oxygen atoms in total. The van der Waals surface area contributed by atoms with E-state index in [1.165, 1.54) is 4.90 Å². The van der Waals surface area contributed by atoms with Crippen molar-refractivity contribution in [1.29, 1.82) is 0 Å². The number of hydrogen-bond donors (Lipinski definition) is 1. The van der Waals surface area contributed by atoms with E-state index in [1.54, 1.807) is 19.1 Å². The molecule has 0 aliphatic carbocycles. The first-order valence-corrected chi connectivity index (χ1v) is 13.6. The van der Waals surface area contributed by atoms with E-state index in [0.29, 0.717) is 5.69 Å². The molecule has 0 unspecified atom stereocenters. The summed E-state index contributed by atoms with van der Waals surface area (Å²) in [5, 5.41) is 2.91. The Morgan fingerprint density at radius 3 is 2.12 bits per heavy atom. The van der Waals surface area contributed by atoms with E-state index in [0.717, 1.165) is 31.7 Å². The molecule has 1 N–H and O–H groups in total. The van der Waals surface area contributed by atoms with Crippen LogP contribution in [0.5, 0.6) is 0 Å². The van der Waals surface area contributed by atoms with E-state index >= 15 is 0 Å². The maximum atomic E-state index is 13.5. The number of halogens is 1. The largest absolute Gasteiger partial charge is 0.350 e. The number of hydrogen-bond acceptors (Lipinski definition) is 4. The quantitative estimate of drug-likeness (QED) is 0.533. The first kappa shape index (κ1) is 27.9. The number of amides is 2. The average molecular weight is 553 g/mol. The van der Waals surface area contributed by atoms with Gasteiger partial charge in [0.15, 0.2) is 0 Å². The summed E-state index contributed by atoms with van der Waals surface area (Å²) >= 11 is 3.40. The molecular weight excluding hydrogens is 518 g/mol. The fraction of sp³-hybridized carbons (Fsp3) is 0.440. The lowest BCUT2D eigenvalue weighted by Crippen LogP contribution is -2.54. The van der Waals surface area contributed by atoms with Crippen LogP contribution in [-0.2, 0) is 26.2 Å². The van der Waals surface area contributed by atoms with E-state index in [4.69, 9.17) is 0 Å². The van der Waals surface area contributed by atoms with Crippen LogP contribution in [0.4, 0.5) is 5.69 Å². The molecule has 0 aromatic heterocycles. The van der Waals surface area contributed by atoms with E-state index in [-0.39, 0.29) is 12.5 Å². The lowest BCUT2D eigenvalue weighted by atomic mass is 10.1. The zero-order valence-corrected chi connectivity index (χ0v) is 23.2. The van der Waals surface area contributed by atoms with Gasteiger partial charge in [-0.2, -0.15) is 0 Å². The predicted molar refractivity (Wildman–Crippen MR) is 140 cm³/mol. The Morgan fingerprint density at radius 2 is 1.62 bits per heavy atom. The molecule has 0 aliphatic heterocycles. The first-order chi connectivity index (χ1) is 15.6. The van der Waals surface area contributed by atoms with Crippen LogP contribution in [0.25, 0.3) is 0 Å². The third-order valence-corrected chi connectivity index (χ3v) is 7.06. The molecule has 1 atom stereocenters. The van der Waals surface area contributed by atoms with Crippen molar-refractivity contribution in [2.24, 2.45) is 0 Å². The minimum atomic E-state index is -3.75. The Hall–Kier alpha value is -2.39. The first-order valence-electron chi connectivity index (χ1n) is 11.0. The summed E-state index contributed by atoms with van der Waals surface area (Å²) in [6.45, 7) is 10.8. The average Bonchev–Trinajstić information content (AvgIpc) is 2.71. The van der Waals surface area contributed by atoms with Crippen LogP contribution in [0.3, 0.4) is 0 Å². The van der Waals surface area contributed by atoms with Crippen molar-refractivity contribution in [3.05, 3.63) is 63.6 Å². The molecule has 2 aromatic carbocycles. The number of benzene rings is 2. The number of anilines is 1. The van der Waals surface area contributed by atoms with Crippen molar-refractivity contribution in [3.8, 4) is 0 Å². The summed E-state index contributed by atoms with van der Waals surface area (Å²) < 4.78 is 27.3. The van der Waals surface area contributed by atoms with Crippen LogP contribution < -0.4 is 9.62 Å². The highest BCUT2D eigenvalue weighted by atomic mass is 79.9. The molecule has 0 spiro atoms. The normalized spacial score (nSPS) is 12.7. The Labute approximate surface area is 211 Å². The fourth-order valence-electron chi connectivity index (χ4n) is 3.34. The number of nitrogens with zero attached hydrogens (tertiary/aromatic N) is 2. The van der Waals surface area contributed by atoms with Crippen LogP contribution in [0.1, 0.15) is 44.4 Å². The second kappa shape index (κ2) is 10.9. The van der Waals surface area contributed by atoms with Gasteiger partial charge in [-0.3, -0.25) is 13.9 Å². The van der Waals surface area contributed by atoms with Crippen LogP contribution in [-0.4, -0.2) is 49.5 Å². The number of nitrogens with one attached hydrogen (secondary N) is 1. The van der Waals surface area contributed by atoms with E-state index < -0.39 is 34.1 Å². The van der Waals surface area contributed by atoms with Crippen LogP contribution in [0, 0.1) is 13.8 Å². The van der Waals surface area contributed by atoms with Crippen molar-refractivity contribution >= 4 is 43.5 Å². The number of rotatable bonds is 8. The molecule has 2 aromatic rings. The van der Waals surface area contributed by atoms with Crippen LogP contribution >= 0.6 is 15.9 Å². The molecule has 0 saturated carbocycles. The van der Waals surface area contributed by atoms with Gasteiger partial charge in [0.25, 0.3) is 0 Å². The van der Waals surface area contributed by atoms with Gasteiger partial charge in [-0.15, -0.1) is 0 Å². The monoisotopic (exact) mass is 551 g/mol. The summed E-state index contributed by atoms with van der Waals surface area (Å²) in [5.41, 5.74) is 2.70. The predicted octanol–water partition coefficient (Wildman–Crippen LogP) is 4.16. The molecule has 0 saturated heterocycles. The molecular formula is C25H34BrN3O4S. The molecule has 0 radical (unpaired) electrons. The molecule has 0 fully saturated rings. The smallest absolute Gasteiger partial charge is 0.244 e. The number of sulfonamides is 1. The third kappa shape index (κ3) is 7.84. The van der Waals surface area contributed by atoms with Gasteiger partial charge in [-0.05, 0) is 82.5 Å². The summed E-state index contributed by atoms with van der Waals surface area (Å²) in [7, 11) is -3.75. The van der Waals surface area contributed by atoms with Gasteiger partial charge in [0.1, 0.15) is 12.6 Å². The standard InChI is InChI=1S/C25H34BrN3O4S/c1-17-8-13-22(14-18(17)2)29(34(7,32)33)16-23(30)28(15-20-9-11-21(26)12-10-20)19(3)24(31)27-25(4,5)6/h8-14,19H,15-16H2,1-7H3,(H,27,31)/t19-/m0/s1. The number of carbonyl (C=O) groups excluding carboxylic acids is 2. The molecule has 9 heteroatoms. The lowest BCUT2D eigenvalue weighted by molar-refractivity contribution is -0.140. The molecule has 2 rings (SSSR count). The van der Waals surface area contributed by atoms with Crippen molar-refractivity contribution in [2.45, 2.75) is 59.7 Å². The molecule has 34 heavy (non-hydrogen) atoms. The van der Waals surface area contributed by atoms with Gasteiger partial charge < -0.3 is 10.2 Å². The lowest BCUT2D eigenvalue weighted by Gasteiger charge is -2.33. The Balaban J connectivity index is 2.41. The van der Waals surface area contributed by atoms with Gasteiger partial charge in [0, 0.05) is 16.6 Å². The van der Waals surface area contributed by atoms with Gasteiger partial charge in [-0.25, -0.2) is 8.42 Å². The van der Waals surface area contributed by atoms with Gasteiger partial charge in [0.05, 0.1) is 11.9 Å². The van der Waals surface area contributed by atoms with Crippen LogP contribution in [0.2, 0.25) is 0 Å². The van der Waals surface area contributed by atoms with E-state index in [9.17, 15) is 18.0 Å². The molecule has 0 bridgehead atoms. The van der Waals surface area contributed by atoms with Crippen molar-refractivity contribution < 1.29 is 18.0 Å². The fourth-order valence-corrected chi connectivity index (χ4v) is 4.44. The highest BCUT2D eigenvalue weighted by Gasteiger charge is 2.31. The Kier molecular flexibility index (Phi) is 8.93. The molecule has 186 valence electrons. The molecule has 2 amide bonds. The third-order valence-electron chi connectivity index (χ3n) is 5.39. The van der Waals surface area contributed by atoms with Crippen molar-refractivity contribution in [1.82, 2.24) is 10.2 Å². The van der Waals surface area contributed by atoms with Crippen LogP contribution in [0.15, 0.2) is 46.9 Å². The minimum Gasteiger partial charge on any atom is -0.350 e. The number of aryl methyl sites for hydroxylation is 2. The Morgan fingerprint density at radius 1 is 1.03 bits per heavy atom. The highest BCUT2D eigenvalue weighted by Crippen LogP contribution is 2.22. The van der Waals surface area contributed by atoms with Crippen molar-refractivity contribution in [3.63, 3.8) is 0 Å². The maximum Gasteiger partial charge on any atom is 0.244 e. The van der Waals surface area contributed by atoms with E-state index in [1.807, 2.05) is 65.0 Å². The SMILES string of the molecule is Cc1ccc(N(CC(=O)N(Cc2ccc(Br)cc2)[C@@H](C)C(=O)NC(C)(C)C)S(C)(=O)=O)cc1C. The second-order valence-corrected chi connectivity index (χ2v) is 12.4. The molecule has 0 heterocycles. The van der Waals surface area contributed by atoms with Gasteiger partial charge in [0.2, 0.25) is 21.8 Å². The minimum absolute atomic E-state index is 0.162. The summed E-state index contributed by atoms with van der Waals surface area (Å²) in [5.74, 6) is -0.779. The summed E-state index contributed by atoms with van der Waals surface area (Å²) in [6.07, 6.45) is 1.07. The Bertz CT molecular complexity index is 1140.